The van der Waals surface area contributed by atoms with Crippen LogP contribution in [0.25, 0.3) is 16.8 Å². The van der Waals surface area contributed by atoms with Crippen molar-refractivity contribution in [2.45, 2.75) is 44.7 Å². The number of halogens is 2. The Hall–Kier alpha value is -4.63. The van der Waals surface area contributed by atoms with Gasteiger partial charge in [-0.1, -0.05) is 6.92 Å². The van der Waals surface area contributed by atoms with E-state index in [-0.39, 0.29) is 34.8 Å². The third-order valence-corrected chi connectivity index (χ3v) is 8.19. The van der Waals surface area contributed by atoms with Gasteiger partial charge in [-0.3, -0.25) is 4.98 Å². The predicted octanol–water partition coefficient (Wildman–Crippen LogP) is 4.31. The number of anilines is 1. The van der Waals surface area contributed by atoms with Crippen LogP contribution in [0.2, 0.25) is 0 Å². The van der Waals surface area contributed by atoms with Crippen LogP contribution in [0.1, 0.15) is 37.7 Å². The Bertz CT molecular complexity index is 1680. The molecule has 3 atom stereocenters. The van der Waals surface area contributed by atoms with Gasteiger partial charge < -0.3 is 20.3 Å². The first-order chi connectivity index (χ1) is 20.4. The molecule has 0 saturated carbocycles. The van der Waals surface area contributed by atoms with Gasteiger partial charge in [0.2, 0.25) is 0 Å². The van der Waals surface area contributed by atoms with Crippen molar-refractivity contribution in [2.24, 2.45) is 11.7 Å². The van der Waals surface area contributed by atoms with Gasteiger partial charge in [-0.05, 0) is 55.7 Å². The van der Waals surface area contributed by atoms with Crippen LogP contribution in [0.3, 0.4) is 0 Å². The fourth-order valence-electron chi connectivity index (χ4n) is 5.91. The lowest BCUT2D eigenvalue weighted by atomic mass is 9.85. The van der Waals surface area contributed by atoms with Crippen LogP contribution in [0.4, 0.5) is 19.3 Å². The van der Waals surface area contributed by atoms with Gasteiger partial charge in [0.05, 0.1) is 47.6 Å². The Morgan fingerprint density at radius 3 is 2.58 bits per heavy atom. The lowest BCUT2D eigenvalue weighted by molar-refractivity contribution is 0.0905. The molecule has 10 nitrogen and oxygen atoms in total. The smallest absolute Gasteiger partial charge is 0.409 e. The van der Waals surface area contributed by atoms with Crippen molar-refractivity contribution in [3.05, 3.63) is 77.5 Å². The number of carbonyl (C=O) groups is 1. The first-order valence-corrected chi connectivity index (χ1v) is 13.9. The van der Waals surface area contributed by atoms with Gasteiger partial charge >= 0.3 is 6.09 Å². The van der Waals surface area contributed by atoms with Crippen LogP contribution in [0, 0.1) is 28.9 Å². The summed E-state index contributed by atoms with van der Waals surface area (Å²) in [6.07, 6.45) is 5.05. The summed E-state index contributed by atoms with van der Waals surface area (Å²) in [4.78, 5) is 24.8. The number of nitrogens with two attached hydrogens (primary N) is 1. The minimum Gasteiger partial charge on any atom is -0.453 e. The summed E-state index contributed by atoms with van der Waals surface area (Å²) in [6.45, 7) is 6.42. The normalized spacial score (nSPS) is 18.9. The molecule has 0 radical (unpaired) electrons. The van der Waals surface area contributed by atoms with Crippen molar-refractivity contribution in [1.82, 2.24) is 24.5 Å². The highest BCUT2D eigenvalue weighted by Gasteiger charge is 2.38. The monoisotopic (exact) mass is 588 g/mol. The SMILES string of the molecule is COC(=O)N(C)[C@@H]1[C@H](N)CN(c2ccncc2Cc2ncc3ccc(-c4c(F)cc(C(C)(C)C#N)cc4F)nn23)C[C@@H]1C. The van der Waals surface area contributed by atoms with Gasteiger partial charge in [0.25, 0.3) is 0 Å². The topological polar surface area (TPSA) is 126 Å². The fourth-order valence-corrected chi connectivity index (χ4v) is 5.91. The molecule has 43 heavy (non-hydrogen) atoms. The van der Waals surface area contributed by atoms with E-state index in [0.717, 1.165) is 11.3 Å². The van der Waals surface area contributed by atoms with Crippen molar-refractivity contribution < 1.29 is 18.3 Å². The number of imidazole rings is 1. The van der Waals surface area contributed by atoms with Crippen molar-refractivity contribution in [3.8, 4) is 17.3 Å². The molecule has 5 rings (SSSR count). The van der Waals surface area contributed by atoms with E-state index in [0.29, 0.717) is 30.9 Å². The number of rotatable bonds is 6. The van der Waals surface area contributed by atoms with E-state index in [1.54, 1.807) is 61.0 Å². The van der Waals surface area contributed by atoms with E-state index in [1.165, 1.54) is 19.2 Å². The van der Waals surface area contributed by atoms with Gasteiger partial charge in [-0.25, -0.2) is 23.1 Å². The van der Waals surface area contributed by atoms with Crippen molar-refractivity contribution in [1.29, 1.82) is 5.26 Å². The lowest BCUT2D eigenvalue weighted by Crippen LogP contribution is -2.62. The number of hydrogen-bond acceptors (Lipinski definition) is 8. The number of carbonyl (C=O) groups excluding carboxylic acids is 1. The largest absolute Gasteiger partial charge is 0.453 e. The number of nitrogens with zero attached hydrogens (tertiary/aromatic N) is 7. The Kier molecular flexibility index (Phi) is 8.03. The molecule has 0 spiro atoms. The number of aromatic nitrogens is 4. The maximum Gasteiger partial charge on any atom is 0.409 e. The summed E-state index contributed by atoms with van der Waals surface area (Å²) in [5, 5.41) is 14.0. The highest BCUT2D eigenvalue weighted by molar-refractivity contribution is 5.68. The minimum absolute atomic E-state index is 0.0558. The summed E-state index contributed by atoms with van der Waals surface area (Å²) in [5.74, 6) is -0.978. The summed E-state index contributed by atoms with van der Waals surface area (Å²) >= 11 is 0. The summed E-state index contributed by atoms with van der Waals surface area (Å²) in [6, 6.07) is 9.10. The maximum atomic E-state index is 15.2. The summed E-state index contributed by atoms with van der Waals surface area (Å²) < 4.78 is 36.9. The first-order valence-electron chi connectivity index (χ1n) is 13.9. The number of hydrogen-bond donors (Lipinski definition) is 1. The Morgan fingerprint density at radius 1 is 1.21 bits per heavy atom. The van der Waals surface area contributed by atoms with Crippen molar-refractivity contribution in [3.63, 3.8) is 0 Å². The van der Waals surface area contributed by atoms with Crippen LogP contribution in [-0.4, -0.2) is 69.9 Å². The van der Waals surface area contributed by atoms with Crippen LogP contribution >= 0.6 is 0 Å². The molecular formula is C31H34F2N8O2. The van der Waals surface area contributed by atoms with E-state index in [9.17, 15) is 10.1 Å². The molecule has 0 unspecified atom stereocenters. The third kappa shape index (κ3) is 5.60. The Balaban J connectivity index is 1.45. The van der Waals surface area contributed by atoms with Crippen molar-refractivity contribution >= 4 is 17.3 Å². The molecule has 1 amide bonds. The highest BCUT2D eigenvalue weighted by atomic mass is 19.1. The number of amides is 1. The molecule has 1 saturated heterocycles. The van der Waals surface area contributed by atoms with Gasteiger partial charge in [-0.2, -0.15) is 10.4 Å². The zero-order chi connectivity index (χ0) is 31.1. The van der Waals surface area contributed by atoms with Crippen LogP contribution in [0.15, 0.2) is 48.9 Å². The zero-order valence-electron chi connectivity index (χ0n) is 24.8. The average Bonchev–Trinajstić information content (AvgIpc) is 3.37. The molecule has 4 aromatic rings. The Labute approximate surface area is 248 Å². The molecule has 224 valence electrons. The van der Waals surface area contributed by atoms with E-state index < -0.39 is 23.1 Å². The second-order valence-corrected chi connectivity index (χ2v) is 11.6. The molecule has 3 aromatic heterocycles. The molecular weight excluding hydrogens is 554 g/mol. The first kappa shape index (κ1) is 29.8. The molecule has 1 aromatic carbocycles. The van der Waals surface area contributed by atoms with Gasteiger partial charge in [0.15, 0.2) is 0 Å². The van der Waals surface area contributed by atoms with E-state index in [1.807, 2.05) is 6.07 Å². The molecule has 2 N–H and O–H groups in total. The standard InChI is InChI=1S/C31H34F2N8O2/c1-18-15-40(16-24(35)29(18)39(4)30(42)43-5)26-8-9-36-13-19(26)10-27-37-14-21-6-7-25(38-41(21)27)28-22(32)11-20(12-23(28)33)31(2,3)17-34/h6-9,11-14,18,24,29H,10,15-16,35H2,1-5H3/t18-,24+,29-/m0/s1. The van der Waals surface area contributed by atoms with Gasteiger partial charge in [0, 0.05) is 56.2 Å². The summed E-state index contributed by atoms with van der Waals surface area (Å²) in [7, 11) is 3.05. The van der Waals surface area contributed by atoms with Crippen LogP contribution < -0.4 is 10.6 Å². The average molecular weight is 589 g/mol. The molecule has 0 bridgehead atoms. The summed E-state index contributed by atoms with van der Waals surface area (Å²) in [5.41, 5.74) is 8.07. The van der Waals surface area contributed by atoms with Gasteiger partial charge in [0.1, 0.15) is 17.5 Å². The number of pyridine rings is 1. The molecule has 12 heteroatoms. The second-order valence-electron chi connectivity index (χ2n) is 11.6. The number of likely N-dealkylation sites (N-methyl/N-ethyl adjacent to an activating group) is 1. The molecule has 1 fully saturated rings. The van der Waals surface area contributed by atoms with Gasteiger partial charge in [-0.15, -0.1) is 0 Å². The zero-order valence-corrected chi connectivity index (χ0v) is 24.8. The van der Waals surface area contributed by atoms with Crippen LogP contribution in [-0.2, 0) is 16.6 Å². The van der Waals surface area contributed by atoms with Crippen molar-refractivity contribution in [2.75, 3.05) is 32.1 Å². The molecule has 4 heterocycles. The van der Waals surface area contributed by atoms with E-state index >= 15 is 8.78 Å². The second kappa shape index (κ2) is 11.6. The number of ether oxygens (including phenoxy) is 1. The number of nitriles is 1. The van der Waals surface area contributed by atoms with E-state index in [4.69, 9.17) is 10.5 Å². The highest BCUT2D eigenvalue weighted by Crippen LogP contribution is 2.32. The number of fused-ring (bicyclic) bond motifs is 1. The van der Waals surface area contributed by atoms with E-state index in [2.05, 4.69) is 33.0 Å². The quantitative estimate of drug-likeness (QED) is 0.353. The number of methoxy groups -OCH3 is 1. The lowest BCUT2D eigenvalue weighted by Gasteiger charge is -2.45. The molecule has 1 aliphatic heterocycles. The predicted molar refractivity (Wildman–Crippen MR) is 157 cm³/mol. The maximum absolute atomic E-state index is 15.2. The molecule has 1 aliphatic rings. The molecule has 0 aliphatic carbocycles. The third-order valence-electron chi connectivity index (χ3n) is 8.19. The fraction of sp³-hybridized carbons (Fsp3) is 0.387. The van der Waals surface area contributed by atoms with Crippen LogP contribution in [0.5, 0.6) is 0 Å². The Morgan fingerprint density at radius 2 is 1.93 bits per heavy atom. The number of benzene rings is 1. The minimum atomic E-state index is -1.05. The number of piperidine rings is 1.